The monoisotopic (exact) mass is 494 g/mol. The fraction of sp³-hybridized carbons (Fsp3) is 0.357. The van der Waals surface area contributed by atoms with Gasteiger partial charge in [0.1, 0.15) is 23.8 Å². The highest BCUT2D eigenvalue weighted by atomic mass is 19.1. The minimum Gasteiger partial charge on any atom is -0.489 e. The predicted octanol–water partition coefficient (Wildman–Crippen LogP) is 5.08. The smallest absolute Gasteiger partial charge is 0.410 e. The van der Waals surface area contributed by atoms with E-state index in [1.807, 2.05) is 45.0 Å². The van der Waals surface area contributed by atoms with Gasteiger partial charge in [0, 0.05) is 24.5 Å². The highest BCUT2D eigenvalue weighted by Gasteiger charge is 2.30. The zero-order valence-corrected chi connectivity index (χ0v) is 20.8. The second-order valence-electron chi connectivity index (χ2n) is 9.80. The second-order valence-corrected chi connectivity index (χ2v) is 9.80. The molecule has 2 aromatic carbocycles. The van der Waals surface area contributed by atoms with Crippen molar-refractivity contribution in [3.05, 3.63) is 94.2 Å². The molecule has 3 aromatic rings. The first-order valence-electron chi connectivity index (χ1n) is 11.9. The number of nitrogens with zero attached hydrogens (tertiary/aromatic N) is 2. The molecule has 1 amide bonds. The topological polar surface area (TPSA) is 70.0 Å². The van der Waals surface area contributed by atoms with Gasteiger partial charge < -0.3 is 19.1 Å². The standard InChI is InChI=1S/C28H31FN2O5/c1-28(2,3)36-27(33)30-14-12-25(17-30)35-19-21-6-10-23(11-7-21)31-15-13-24(16-26(31)32)34-18-20-4-8-22(29)9-5-20/h4-11,13,15-16,25H,12,14,17-19H2,1-3H3. The number of likely N-dealkylation sites (tertiary alicyclic amines) is 1. The van der Waals surface area contributed by atoms with Crippen LogP contribution in [0.2, 0.25) is 0 Å². The van der Waals surface area contributed by atoms with Gasteiger partial charge in [0.05, 0.1) is 19.3 Å². The van der Waals surface area contributed by atoms with Crippen molar-refractivity contribution < 1.29 is 23.4 Å². The van der Waals surface area contributed by atoms with Gasteiger partial charge in [-0.3, -0.25) is 9.36 Å². The molecule has 4 rings (SSSR count). The first-order valence-corrected chi connectivity index (χ1v) is 11.9. The van der Waals surface area contributed by atoms with Gasteiger partial charge in [0.25, 0.3) is 5.56 Å². The van der Waals surface area contributed by atoms with Crippen LogP contribution < -0.4 is 10.3 Å². The molecule has 0 saturated carbocycles. The molecule has 1 aliphatic rings. The lowest BCUT2D eigenvalue weighted by molar-refractivity contribution is 0.0184. The molecule has 0 aliphatic carbocycles. The van der Waals surface area contributed by atoms with E-state index in [1.54, 1.807) is 29.3 Å². The van der Waals surface area contributed by atoms with E-state index in [-0.39, 0.29) is 30.2 Å². The molecule has 1 saturated heterocycles. The van der Waals surface area contributed by atoms with E-state index in [9.17, 15) is 14.0 Å². The molecule has 36 heavy (non-hydrogen) atoms. The number of aromatic nitrogens is 1. The molecule has 8 heteroatoms. The van der Waals surface area contributed by atoms with Crippen molar-refractivity contribution in [3.63, 3.8) is 0 Å². The molecule has 0 bridgehead atoms. The molecule has 1 aromatic heterocycles. The zero-order valence-electron chi connectivity index (χ0n) is 20.8. The van der Waals surface area contributed by atoms with Crippen molar-refractivity contribution in [2.45, 2.75) is 52.1 Å². The van der Waals surface area contributed by atoms with Crippen LogP contribution in [-0.4, -0.2) is 40.4 Å². The number of amides is 1. The van der Waals surface area contributed by atoms with Gasteiger partial charge in [-0.05, 0) is 68.7 Å². The number of hydrogen-bond donors (Lipinski definition) is 0. The summed E-state index contributed by atoms with van der Waals surface area (Å²) in [5.74, 6) is 0.143. The summed E-state index contributed by atoms with van der Waals surface area (Å²) >= 11 is 0. The molecule has 0 radical (unpaired) electrons. The van der Waals surface area contributed by atoms with Gasteiger partial charge in [-0.1, -0.05) is 24.3 Å². The number of rotatable bonds is 7. The number of halogens is 1. The van der Waals surface area contributed by atoms with Crippen LogP contribution in [-0.2, 0) is 22.7 Å². The van der Waals surface area contributed by atoms with E-state index >= 15 is 0 Å². The van der Waals surface area contributed by atoms with Gasteiger partial charge in [-0.2, -0.15) is 0 Å². The lowest BCUT2D eigenvalue weighted by Gasteiger charge is -2.24. The van der Waals surface area contributed by atoms with Crippen LogP contribution in [0.3, 0.4) is 0 Å². The van der Waals surface area contributed by atoms with Crippen LogP contribution in [0.15, 0.2) is 71.7 Å². The third-order valence-electron chi connectivity index (χ3n) is 5.71. The maximum atomic E-state index is 13.0. The van der Waals surface area contributed by atoms with Crippen LogP contribution in [0.25, 0.3) is 5.69 Å². The Labute approximate surface area is 210 Å². The average Bonchev–Trinajstić information content (AvgIpc) is 3.31. The van der Waals surface area contributed by atoms with Crippen LogP contribution in [0.5, 0.6) is 5.75 Å². The Kier molecular flexibility index (Phi) is 7.74. The summed E-state index contributed by atoms with van der Waals surface area (Å²) in [6.45, 7) is 7.34. The quantitative estimate of drug-likeness (QED) is 0.458. The number of benzene rings is 2. The third-order valence-corrected chi connectivity index (χ3v) is 5.71. The van der Waals surface area contributed by atoms with Crippen molar-refractivity contribution in [1.29, 1.82) is 0 Å². The lowest BCUT2D eigenvalue weighted by atomic mass is 10.2. The molecular formula is C28H31FN2O5. The Balaban J connectivity index is 1.29. The van der Waals surface area contributed by atoms with Gasteiger partial charge in [0.15, 0.2) is 0 Å². The number of carbonyl (C=O) groups excluding carboxylic acids is 1. The molecular weight excluding hydrogens is 463 g/mol. The fourth-order valence-corrected chi connectivity index (χ4v) is 3.83. The Morgan fingerprint density at radius 1 is 1.00 bits per heavy atom. The second kappa shape index (κ2) is 11.0. The summed E-state index contributed by atoms with van der Waals surface area (Å²) in [5.41, 5.74) is 1.78. The van der Waals surface area contributed by atoms with Crippen molar-refractivity contribution in [2.75, 3.05) is 13.1 Å². The summed E-state index contributed by atoms with van der Waals surface area (Å²) in [4.78, 5) is 26.5. The van der Waals surface area contributed by atoms with Gasteiger partial charge in [-0.15, -0.1) is 0 Å². The third kappa shape index (κ3) is 6.95. The summed E-state index contributed by atoms with van der Waals surface area (Å²) in [6, 6.07) is 16.7. The number of ether oxygens (including phenoxy) is 3. The Bertz CT molecular complexity index is 1230. The largest absolute Gasteiger partial charge is 0.489 e. The van der Waals surface area contributed by atoms with E-state index in [4.69, 9.17) is 14.2 Å². The van der Waals surface area contributed by atoms with Crippen molar-refractivity contribution in [2.24, 2.45) is 0 Å². The SMILES string of the molecule is CC(C)(C)OC(=O)N1CCC(OCc2ccc(-n3ccc(OCc4ccc(F)cc4)cc3=O)cc2)C1. The van der Waals surface area contributed by atoms with Crippen LogP contribution in [0, 0.1) is 5.82 Å². The maximum absolute atomic E-state index is 13.0. The van der Waals surface area contributed by atoms with Crippen molar-refractivity contribution >= 4 is 6.09 Å². The van der Waals surface area contributed by atoms with E-state index in [0.29, 0.717) is 25.4 Å². The molecule has 0 N–H and O–H groups in total. The highest BCUT2D eigenvalue weighted by Crippen LogP contribution is 2.19. The Morgan fingerprint density at radius 3 is 2.33 bits per heavy atom. The summed E-state index contributed by atoms with van der Waals surface area (Å²) in [5, 5.41) is 0. The molecule has 1 fully saturated rings. The number of hydrogen-bond acceptors (Lipinski definition) is 5. The lowest BCUT2D eigenvalue weighted by Crippen LogP contribution is -2.36. The molecule has 2 heterocycles. The molecule has 1 atom stereocenters. The summed E-state index contributed by atoms with van der Waals surface area (Å²) in [6.07, 6.45) is 2.08. The number of carbonyl (C=O) groups is 1. The highest BCUT2D eigenvalue weighted by molar-refractivity contribution is 5.68. The first kappa shape index (κ1) is 25.4. The molecule has 190 valence electrons. The molecule has 1 unspecified atom stereocenters. The van der Waals surface area contributed by atoms with Crippen LogP contribution in [0.4, 0.5) is 9.18 Å². The molecule has 0 spiro atoms. The Morgan fingerprint density at radius 2 is 1.67 bits per heavy atom. The van der Waals surface area contributed by atoms with Crippen LogP contribution >= 0.6 is 0 Å². The minimum absolute atomic E-state index is 0.0396. The van der Waals surface area contributed by atoms with E-state index in [0.717, 1.165) is 23.2 Å². The molecule has 7 nitrogen and oxygen atoms in total. The van der Waals surface area contributed by atoms with Gasteiger partial charge >= 0.3 is 6.09 Å². The fourth-order valence-electron chi connectivity index (χ4n) is 3.83. The Hall–Kier alpha value is -3.65. The summed E-state index contributed by atoms with van der Waals surface area (Å²) in [7, 11) is 0. The normalized spacial score (nSPS) is 15.7. The van der Waals surface area contributed by atoms with E-state index < -0.39 is 5.60 Å². The predicted molar refractivity (Wildman–Crippen MR) is 134 cm³/mol. The minimum atomic E-state index is -0.517. The summed E-state index contributed by atoms with van der Waals surface area (Å²) < 4.78 is 31.6. The van der Waals surface area contributed by atoms with E-state index in [2.05, 4.69) is 0 Å². The van der Waals surface area contributed by atoms with Crippen molar-refractivity contribution in [3.8, 4) is 11.4 Å². The zero-order chi connectivity index (χ0) is 25.7. The van der Waals surface area contributed by atoms with Crippen LogP contribution in [0.1, 0.15) is 38.3 Å². The first-order chi connectivity index (χ1) is 17.2. The average molecular weight is 495 g/mol. The van der Waals surface area contributed by atoms with Gasteiger partial charge in [0.2, 0.25) is 0 Å². The number of pyridine rings is 1. The maximum Gasteiger partial charge on any atom is 0.410 e. The van der Waals surface area contributed by atoms with E-state index in [1.165, 1.54) is 22.8 Å². The van der Waals surface area contributed by atoms with Crippen molar-refractivity contribution in [1.82, 2.24) is 9.47 Å². The molecule has 1 aliphatic heterocycles. The van der Waals surface area contributed by atoms with Gasteiger partial charge in [-0.25, -0.2) is 9.18 Å².